The van der Waals surface area contributed by atoms with E-state index in [4.69, 9.17) is 14.2 Å². The van der Waals surface area contributed by atoms with Gasteiger partial charge in [0.25, 0.3) is 10.1 Å². The molecule has 9 heteroatoms. The predicted octanol–water partition coefficient (Wildman–Crippen LogP) is 4.06. The molecule has 0 aliphatic heterocycles. The van der Waals surface area contributed by atoms with Crippen LogP contribution in [0.2, 0.25) is 0 Å². The van der Waals surface area contributed by atoms with Crippen molar-refractivity contribution in [1.29, 1.82) is 5.26 Å². The summed E-state index contributed by atoms with van der Waals surface area (Å²) in [5.41, 5.74) is 0.124. The molecule has 1 unspecified atom stereocenters. The molecule has 0 aliphatic rings. The van der Waals surface area contributed by atoms with Crippen molar-refractivity contribution in [2.75, 3.05) is 12.9 Å². The molecule has 0 N–H and O–H groups in total. The first kappa shape index (κ1) is 20.7. The highest BCUT2D eigenvalue weighted by Gasteiger charge is 2.30. The molecule has 27 heavy (non-hydrogen) atoms. The summed E-state index contributed by atoms with van der Waals surface area (Å²) in [5.74, 6) is -0.0152. The van der Waals surface area contributed by atoms with Crippen molar-refractivity contribution in [3.8, 4) is 11.8 Å². The summed E-state index contributed by atoms with van der Waals surface area (Å²) in [5, 5.41) is 8.87. The summed E-state index contributed by atoms with van der Waals surface area (Å²) in [6.45, 7) is -0.206. The molecule has 144 valence electrons. The highest BCUT2D eigenvalue weighted by molar-refractivity contribution is 7.85. The number of hydrogen-bond donors (Lipinski definition) is 0. The summed E-state index contributed by atoms with van der Waals surface area (Å²) >= 11 is 0. The minimum Gasteiger partial charge on any atom is -0.486 e. The van der Waals surface area contributed by atoms with Crippen LogP contribution >= 0.6 is 0 Å². The Morgan fingerprint density at radius 1 is 1.15 bits per heavy atom. The molecular weight excluding hydrogens is 383 g/mol. The van der Waals surface area contributed by atoms with E-state index < -0.39 is 28.0 Å². The summed E-state index contributed by atoms with van der Waals surface area (Å²) in [7, 11) is -3.66. The monoisotopic (exact) mass is 399 g/mol. The van der Waals surface area contributed by atoms with Gasteiger partial charge in [-0.2, -0.15) is 26.9 Å². The predicted molar refractivity (Wildman–Crippen MR) is 91.4 cm³/mol. The second-order valence-electron chi connectivity index (χ2n) is 5.68. The van der Waals surface area contributed by atoms with E-state index in [0.717, 1.165) is 18.4 Å². The minimum atomic E-state index is -4.51. The molecule has 0 fully saturated rings. The third kappa shape index (κ3) is 6.58. The van der Waals surface area contributed by atoms with Gasteiger partial charge in [-0.1, -0.05) is 18.2 Å². The zero-order valence-electron chi connectivity index (χ0n) is 14.2. The summed E-state index contributed by atoms with van der Waals surface area (Å²) in [6, 6.07) is 12.6. The van der Waals surface area contributed by atoms with Gasteiger partial charge in [0.05, 0.1) is 30.1 Å². The van der Waals surface area contributed by atoms with Crippen LogP contribution in [0.1, 0.15) is 29.2 Å². The van der Waals surface area contributed by atoms with Gasteiger partial charge in [-0.25, -0.2) is 0 Å². The molecule has 2 aromatic carbocycles. The Labute approximate surface area is 155 Å². The zero-order chi connectivity index (χ0) is 20.1. The van der Waals surface area contributed by atoms with E-state index >= 15 is 0 Å². The number of alkyl halides is 3. The lowest BCUT2D eigenvalue weighted by molar-refractivity contribution is -0.137. The third-order valence-corrected chi connectivity index (χ3v) is 4.12. The molecular formula is C18H16F3NO4S. The van der Waals surface area contributed by atoms with E-state index in [9.17, 15) is 21.6 Å². The van der Waals surface area contributed by atoms with Crippen LogP contribution in [0.15, 0.2) is 48.5 Å². The number of nitrogens with zero attached hydrogens (tertiary/aromatic N) is 1. The van der Waals surface area contributed by atoms with Crippen molar-refractivity contribution in [3.05, 3.63) is 65.2 Å². The van der Waals surface area contributed by atoms with Gasteiger partial charge in [0.15, 0.2) is 0 Å². The molecule has 1 atom stereocenters. The molecule has 0 aliphatic carbocycles. The first-order valence-electron chi connectivity index (χ1n) is 7.77. The number of rotatable bonds is 7. The maximum atomic E-state index is 12.9. The molecule has 0 aromatic heterocycles. The van der Waals surface area contributed by atoms with Crippen molar-refractivity contribution >= 4 is 10.1 Å². The van der Waals surface area contributed by atoms with Gasteiger partial charge in [-0.15, -0.1) is 0 Å². The fourth-order valence-electron chi connectivity index (χ4n) is 2.28. The number of ether oxygens (including phenoxy) is 1. The van der Waals surface area contributed by atoms with E-state index in [0.29, 0.717) is 11.1 Å². The molecule has 0 saturated carbocycles. The van der Waals surface area contributed by atoms with E-state index in [1.54, 1.807) is 12.1 Å². The maximum Gasteiger partial charge on any atom is 0.416 e. The van der Waals surface area contributed by atoms with Crippen molar-refractivity contribution in [2.45, 2.75) is 18.7 Å². The molecule has 2 aromatic rings. The lowest BCUT2D eigenvalue weighted by atomic mass is 10.0. The molecule has 0 radical (unpaired) electrons. The largest absolute Gasteiger partial charge is 0.486 e. The second-order valence-corrected chi connectivity index (χ2v) is 7.32. The normalized spacial score (nSPS) is 13.0. The van der Waals surface area contributed by atoms with Crippen molar-refractivity contribution < 1.29 is 30.5 Å². The molecule has 0 saturated heterocycles. The van der Waals surface area contributed by atoms with Crippen LogP contribution in [-0.4, -0.2) is 21.3 Å². The molecule has 2 rings (SSSR count). The van der Waals surface area contributed by atoms with Gasteiger partial charge in [0.2, 0.25) is 0 Å². The average Bonchev–Trinajstić information content (AvgIpc) is 2.59. The van der Waals surface area contributed by atoms with E-state index in [1.165, 1.54) is 24.3 Å². The zero-order valence-corrected chi connectivity index (χ0v) is 15.0. The summed E-state index contributed by atoms with van der Waals surface area (Å²) < 4.78 is 71.2. The highest BCUT2D eigenvalue weighted by Crippen LogP contribution is 2.33. The number of nitriles is 1. The van der Waals surface area contributed by atoms with Crippen molar-refractivity contribution in [2.24, 2.45) is 0 Å². The van der Waals surface area contributed by atoms with Gasteiger partial charge < -0.3 is 4.74 Å². The Balaban J connectivity index is 2.24. The van der Waals surface area contributed by atoms with E-state index in [-0.39, 0.29) is 18.8 Å². The Kier molecular flexibility index (Phi) is 6.46. The average molecular weight is 399 g/mol. The first-order valence-corrected chi connectivity index (χ1v) is 9.58. The highest BCUT2D eigenvalue weighted by atomic mass is 32.2. The molecule has 0 spiro atoms. The minimum absolute atomic E-state index is 0.0152. The van der Waals surface area contributed by atoms with Gasteiger partial charge in [0, 0.05) is 6.42 Å². The summed E-state index contributed by atoms with van der Waals surface area (Å²) in [4.78, 5) is 0. The Hall–Kier alpha value is -2.57. The second kappa shape index (κ2) is 8.41. The topological polar surface area (TPSA) is 76.4 Å². The van der Waals surface area contributed by atoms with Gasteiger partial charge in [-0.05, 0) is 35.9 Å². The van der Waals surface area contributed by atoms with Crippen LogP contribution in [-0.2, 0) is 20.5 Å². The summed E-state index contributed by atoms with van der Waals surface area (Å²) in [6.07, 6.45) is -4.29. The van der Waals surface area contributed by atoms with Crippen LogP contribution in [0.5, 0.6) is 5.75 Å². The fourth-order valence-corrected chi connectivity index (χ4v) is 2.68. The molecule has 5 nitrogen and oxygen atoms in total. The van der Waals surface area contributed by atoms with Crippen molar-refractivity contribution in [1.82, 2.24) is 0 Å². The van der Waals surface area contributed by atoms with Gasteiger partial charge in [0.1, 0.15) is 11.9 Å². The lowest BCUT2D eigenvalue weighted by Crippen LogP contribution is -2.14. The SMILES string of the molecule is CS(=O)(=O)OCCC(Oc1cccc(C(F)(F)F)c1)c1ccc(C#N)cc1. The van der Waals surface area contributed by atoms with Crippen LogP contribution < -0.4 is 4.74 Å². The van der Waals surface area contributed by atoms with Crippen LogP contribution in [0.3, 0.4) is 0 Å². The number of hydrogen-bond acceptors (Lipinski definition) is 5. The number of benzene rings is 2. The molecule has 0 heterocycles. The fraction of sp³-hybridized carbons (Fsp3) is 0.278. The maximum absolute atomic E-state index is 12.9. The Bertz CT molecular complexity index is 919. The Morgan fingerprint density at radius 2 is 1.81 bits per heavy atom. The molecule has 0 amide bonds. The Morgan fingerprint density at radius 3 is 2.37 bits per heavy atom. The van der Waals surface area contributed by atoms with Crippen molar-refractivity contribution in [3.63, 3.8) is 0 Å². The quantitative estimate of drug-likeness (QED) is 0.656. The van der Waals surface area contributed by atoms with E-state index in [1.807, 2.05) is 6.07 Å². The molecule has 0 bridgehead atoms. The standard InChI is InChI=1S/C18H16F3NO4S/c1-27(23,24)25-10-9-17(14-7-5-13(12-22)6-8-14)26-16-4-2-3-15(11-16)18(19,20)21/h2-8,11,17H,9-10H2,1H3. The van der Waals surface area contributed by atoms with Crippen LogP contribution in [0.25, 0.3) is 0 Å². The van der Waals surface area contributed by atoms with E-state index in [2.05, 4.69) is 0 Å². The first-order chi connectivity index (χ1) is 12.6. The third-order valence-electron chi connectivity index (χ3n) is 3.53. The van der Waals surface area contributed by atoms with Gasteiger partial charge >= 0.3 is 6.18 Å². The smallest absolute Gasteiger partial charge is 0.416 e. The van der Waals surface area contributed by atoms with Crippen LogP contribution in [0, 0.1) is 11.3 Å². The lowest BCUT2D eigenvalue weighted by Gasteiger charge is -2.20. The number of halogens is 3. The van der Waals surface area contributed by atoms with Crippen LogP contribution in [0.4, 0.5) is 13.2 Å². The van der Waals surface area contributed by atoms with Gasteiger partial charge in [-0.3, -0.25) is 4.18 Å².